The Morgan fingerprint density at radius 3 is 2.46 bits per heavy atom. The van der Waals surface area contributed by atoms with Crippen LogP contribution in [0.4, 0.5) is 0 Å². The number of methoxy groups -OCH3 is 3. The van der Waals surface area contributed by atoms with Gasteiger partial charge in [0.05, 0.1) is 38.7 Å². The van der Waals surface area contributed by atoms with Crippen LogP contribution in [0.25, 0.3) is 0 Å². The van der Waals surface area contributed by atoms with Gasteiger partial charge in [-0.1, -0.05) is 0 Å². The van der Waals surface area contributed by atoms with E-state index in [1.54, 1.807) is 14.2 Å². The van der Waals surface area contributed by atoms with E-state index in [9.17, 15) is 14.4 Å². The van der Waals surface area contributed by atoms with E-state index < -0.39 is 28.8 Å². The summed E-state index contributed by atoms with van der Waals surface area (Å²) in [5, 5.41) is 0. The van der Waals surface area contributed by atoms with E-state index in [4.69, 9.17) is 14.2 Å². The summed E-state index contributed by atoms with van der Waals surface area (Å²) in [7, 11) is 4.49. The molecule has 2 aliphatic heterocycles. The van der Waals surface area contributed by atoms with Gasteiger partial charge >= 0.3 is 5.97 Å². The third-order valence-corrected chi connectivity index (χ3v) is 7.37. The lowest BCUT2D eigenvalue weighted by atomic mass is 9.65. The van der Waals surface area contributed by atoms with Gasteiger partial charge in [-0.3, -0.25) is 14.4 Å². The largest absolute Gasteiger partial charge is 0.493 e. The van der Waals surface area contributed by atoms with Crippen LogP contribution in [0.15, 0.2) is 12.1 Å². The molecule has 0 bridgehead atoms. The summed E-state index contributed by atoms with van der Waals surface area (Å²) in [6, 6.07) is 3.85. The molecule has 1 saturated heterocycles. The van der Waals surface area contributed by atoms with Crippen LogP contribution in [0.3, 0.4) is 0 Å². The van der Waals surface area contributed by atoms with Gasteiger partial charge in [0, 0.05) is 13.0 Å². The number of rotatable bonds is 3. The number of Topliss-reactive ketones (excluding diaryl/α,β-unsaturated/α-hetero) is 1. The van der Waals surface area contributed by atoms with Crippen molar-refractivity contribution in [1.29, 1.82) is 0 Å². The summed E-state index contributed by atoms with van der Waals surface area (Å²) in [6.45, 7) is 0.564. The minimum absolute atomic E-state index is 0.000276. The fourth-order valence-electron chi connectivity index (χ4n) is 6.40. The van der Waals surface area contributed by atoms with Crippen LogP contribution in [0.2, 0.25) is 0 Å². The molecule has 28 heavy (non-hydrogen) atoms. The zero-order valence-corrected chi connectivity index (χ0v) is 16.2. The zero-order valence-electron chi connectivity index (χ0n) is 16.2. The van der Waals surface area contributed by atoms with Gasteiger partial charge in [-0.25, -0.2) is 0 Å². The van der Waals surface area contributed by atoms with Crippen LogP contribution in [-0.4, -0.2) is 50.4 Å². The van der Waals surface area contributed by atoms with Crippen molar-refractivity contribution >= 4 is 17.7 Å². The average molecular weight is 385 g/mol. The molecule has 4 atom stereocenters. The van der Waals surface area contributed by atoms with Crippen LogP contribution in [0.1, 0.15) is 30.4 Å². The lowest BCUT2D eigenvalue weighted by Crippen LogP contribution is -2.57. The summed E-state index contributed by atoms with van der Waals surface area (Å²) in [5.41, 5.74) is -0.0330. The number of aryl methyl sites for hydroxylation is 1. The maximum Gasteiger partial charge on any atom is 0.316 e. The topological polar surface area (TPSA) is 82.1 Å². The minimum Gasteiger partial charge on any atom is -0.493 e. The molecule has 2 heterocycles. The van der Waals surface area contributed by atoms with Crippen LogP contribution < -0.4 is 9.47 Å². The third kappa shape index (κ3) is 1.65. The first-order chi connectivity index (χ1) is 13.5. The van der Waals surface area contributed by atoms with Crippen LogP contribution in [-0.2, 0) is 31.1 Å². The molecule has 1 spiro atoms. The molecule has 2 aliphatic carbocycles. The molecule has 1 amide bonds. The van der Waals surface area contributed by atoms with Gasteiger partial charge in [0.2, 0.25) is 5.91 Å². The number of ketones is 1. The van der Waals surface area contributed by atoms with E-state index >= 15 is 0 Å². The molecule has 0 unspecified atom stereocenters. The second kappa shape index (κ2) is 5.49. The Bertz CT molecular complexity index is 926. The maximum absolute atomic E-state index is 13.3. The van der Waals surface area contributed by atoms with E-state index in [2.05, 4.69) is 0 Å². The molecule has 1 aromatic rings. The molecule has 0 aromatic heterocycles. The van der Waals surface area contributed by atoms with Crippen LogP contribution >= 0.6 is 0 Å². The highest BCUT2D eigenvalue weighted by Gasteiger charge is 2.91. The standard InChI is InChI=1S/C21H23NO6/c1-26-14-9-11-5-4-8-22-18(24)17-16-13(23)6-7-20(22,12(11)10-15(14)27-2)21(16,17)19(25)28-3/h9-10,16-17H,4-8H2,1-3H3/t16-,17-,20-,21-/m1/s1. The summed E-state index contributed by atoms with van der Waals surface area (Å²) in [6.07, 6.45) is 2.35. The van der Waals surface area contributed by atoms with E-state index in [1.807, 2.05) is 17.0 Å². The van der Waals surface area contributed by atoms with Crippen LogP contribution in [0, 0.1) is 17.3 Å². The van der Waals surface area contributed by atoms with Gasteiger partial charge < -0.3 is 19.1 Å². The number of benzene rings is 1. The fraction of sp³-hybridized carbons (Fsp3) is 0.571. The number of hydrogen-bond acceptors (Lipinski definition) is 6. The monoisotopic (exact) mass is 385 g/mol. The molecular weight excluding hydrogens is 362 g/mol. The lowest BCUT2D eigenvalue weighted by Gasteiger charge is -2.47. The van der Waals surface area contributed by atoms with Crippen molar-refractivity contribution in [2.45, 2.75) is 31.2 Å². The minimum atomic E-state index is -1.12. The highest BCUT2D eigenvalue weighted by Crippen LogP contribution is 2.79. The van der Waals surface area contributed by atoms with Crippen molar-refractivity contribution in [1.82, 2.24) is 4.90 Å². The Hall–Kier alpha value is -2.57. The van der Waals surface area contributed by atoms with Gasteiger partial charge in [0.1, 0.15) is 11.2 Å². The Labute approximate surface area is 162 Å². The first kappa shape index (κ1) is 17.5. The molecule has 2 saturated carbocycles. The number of esters is 1. The first-order valence-corrected chi connectivity index (χ1v) is 9.67. The molecule has 4 aliphatic rings. The fourth-order valence-corrected chi connectivity index (χ4v) is 6.40. The Morgan fingerprint density at radius 2 is 1.79 bits per heavy atom. The van der Waals surface area contributed by atoms with Gasteiger partial charge in [-0.15, -0.1) is 0 Å². The molecule has 0 N–H and O–H groups in total. The van der Waals surface area contributed by atoms with E-state index in [0.29, 0.717) is 30.9 Å². The second-order valence-electron chi connectivity index (χ2n) is 8.10. The molecule has 3 fully saturated rings. The smallest absolute Gasteiger partial charge is 0.316 e. The Balaban J connectivity index is 1.82. The van der Waals surface area contributed by atoms with Crippen molar-refractivity contribution in [2.24, 2.45) is 17.3 Å². The van der Waals surface area contributed by atoms with Gasteiger partial charge in [-0.2, -0.15) is 0 Å². The van der Waals surface area contributed by atoms with Crippen molar-refractivity contribution < 1.29 is 28.6 Å². The maximum atomic E-state index is 13.3. The van der Waals surface area contributed by atoms with E-state index in [1.165, 1.54) is 7.11 Å². The quantitative estimate of drug-likeness (QED) is 0.733. The Morgan fingerprint density at radius 1 is 1.07 bits per heavy atom. The van der Waals surface area contributed by atoms with Crippen molar-refractivity contribution in [3.05, 3.63) is 23.3 Å². The lowest BCUT2D eigenvalue weighted by molar-refractivity contribution is -0.160. The molecular formula is C21H23NO6. The number of carbonyl (C=O) groups excluding carboxylic acids is 3. The van der Waals surface area contributed by atoms with Crippen molar-refractivity contribution in [3.8, 4) is 11.5 Å². The van der Waals surface area contributed by atoms with E-state index in [-0.39, 0.29) is 11.7 Å². The molecule has 5 rings (SSSR count). The number of piperidine rings is 1. The second-order valence-corrected chi connectivity index (χ2v) is 8.10. The summed E-state index contributed by atoms with van der Waals surface area (Å²) < 4.78 is 16.2. The highest BCUT2D eigenvalue weighted by atomic mass is 16.5. The number of nitrogens with zero attached hydrogens (tertiary/aromatic N) is 1. The molecule has 148 valence electrons. The number of hydrogen-bond donors (Lipinski definition) is 0. The number of ether oxygens (including phenoxy) is 3. The van der Waals surface area contributed by atoms with Crippen molar-refractivity contribution in [2.75, 3.05) is 27.9 Å². The molecule has 0 radical (unpaired) electrons. The predicted molar refractivity (Wildman–Crippen MR) is 96.9 cm³/mol. The van der Waals surface area contributed by atoms with Gasteiger partial charge in [-0.05, 0) is 42.5 Å². The third-order valence-electron chi connectivity index (χ3n) is 7.37. The summed E-state index contributed by atoms with van der Waals surface area (Å²) in [5.74, 6) is -0.535. The number of fused-ring (bicyclic) bond motifs is 2. The SMILES string of the molecule is COC(=O)[C@]12[C@@H]3C(=O)CC[C@@]14c1cc(OC)c(OC)cc1CCCN4C(=O)[C@@H]32. The average Bonchev–Trinajstić information content (AvgIpc) is 3.41. The zero-order chi connectivity index (χ0) is 19.8. The highest BCUT2D eigenvalue weighted by molar-refractivity contribution is 6.10. The normalized spacial score (nSPS) is 34.8. The van der Waals surface area contributed by atoms with Gasteiger partial charge in [0.25, 0.3) is 0 Å². The number of amides is 1. The van der Waals surface area contributed by atoms with Crippen LogP contribution in [0.5, 0.6) is 11.5 Å². The number of carbonyl (C=O) groups is 3. The molecule has 7 heteroatoms. The van der Waals surface area contributed by atoms with Crippen molar-refractivity contribution in [3.63, 3.8) is 0 Å². The molecule has 7 nitrogen and oxygen atoms in total. The van der Waals surface area contributed by atoms with Gasteiger partial charge in [0.15, 0.2) is 11.5 Å². The predicted octanol–water partition coefficient (Wildman–Crippen LogP) is 1.46. The summed E-state index contributed by atoms with van der Waals surface area (Å²) in [4.78, 5) is 41.0. The Kier molecular flexibility index (Phi) is 3.44. The summed E-state index contributed by atoms with van der Waals surface area (Å²) >= 11 is 0. The van der Waals surface area contributed by atoms with E-state index in [0.717, 1.165) is 24.0 Å². The molecule has 1 aromatic carbocycles. The first-order valence-electron chi connectivity index (χ1n) is 9.67.